The van der Waals surface area contributed by atoms with E-state index in [9.17, 15) is 21.6 Å². The van der Waals surface area contributed by atoms with Gasteiger partial charge in [0.25, 0.3) is 0 Å². The van der Waals surface area contributed by atoms with Crippen LogP contribution in [0.2, 0.25) is 0 Å². The number of nitrogens with zero attached hydrogens (tertiary/aromatic N) is 1. The van der Waals surface area contributed by atoms with Crippen molar-refractivity contribution in [3.63, 3.8) is 0 Å². The van der Waals surface area contributed by atoms with E-state index in [1.54, 1.807) is 24.3 Å². The number of carbonyl (C=O) groups is 1. The van der Waals surface area contributed by atoms with E-state index < -0.39 is 19.9 Å². The standard InChI is InChI=1S/C23H30N2O7S2/c1-17(18-4-7-20(8-5-18)33(3,27)28)24-23(26)11-6-19-16-21(9-10-22(19)31-2)34(29,30)25-12-14-32-15-13-25/h4-5,7-10,16-17H,6,11-15H2,1-3H3,(H,24,26)/t17-/m1/s1. The van der Waals surface area contributed by atoms with Gasteiger partial charge in [0.2, 0.25) is 15.9 Å². The predicted octanol–water partition coefficient (Wildman–Crippen LogP) is 1.93. The summed E-state index contributed by atoms with van der Waals surface area (Å²) in [4.78, 5) is 12.9. The third-order valence-electron chi connectivity index (χ3n) is 5.67. The molecule has 1 saturated heterocycles. The van der Waals surface area contributed by atoms with Gasteiger partial charge in [-0.2, -0.15) is 4.31 Å². The summed E-state index contributed by atoms with van der Waals surface area (Å²) in [5.41, 5.74) is 1.40. The molecule has 2 aromatic carbocycles. The van der Waals surface area contributed by atoms with Gasteiger partial charge >= 0.3 is 0 Å². The fourth-order valence-corrected chi connectivity index (χ4v) is 5.79. The minimum absolute atomic E-state index is 0.128. The van der Waals surface area contributed by atoms with E-state index in [4.69, 9.17) is 9.47 Å². The molecule has 186 valence electrons. The molecule has 1 atom stereocenters. The van der Waals surface area contributed by atoms with Gasteiger partial charge in [-0.15, -0.1) is 0 Å². The van der Waals surface area contributed by atoms with Crippen molar-refractivity contribution in [2.75, 3.05) is 39.7 Å². The molecule has 1 amide bonds. The highest BCUT2D eigenvalue weighted by molar-refractivity contribution is 7.90. The topological polar surface area (TPSA) is 119 Å². The van der Waals surface area contributed by atoms with E-state index in [1.807, 2.05) is 6.92 Å². The number of benzene rings is 2. The molecule has 2 aromatic rings. The Bertz CT molecular complexity index is 1220. The van der Waals surface area contributed by atoms with Crippen LogP contribution in [0.4, 0.5) is 0 Å². The van der Waals surface area contributed by atoms with E-state index in [1.165, 1.54) is 29.6 Å². The van der Waals surface area contributed by atoms with Gasteiger partial charge in [0.1, 0.15) is 5.75 Å². The number of sulfone groups is 1. The lowest BCUT2D eigenvalue weighted by Crippen LogP contribution is -2.40. The second-order valence-electron chi connectivity index (χ2n) is 8.12. The maximum Gasteiger partial charge on any atom is 0.243 e. The summed E-state index contributed by atoms with van der Waals surface area (Å²) in [7, 11) is -5.45. The number of ether oxygens (including phenoxy) is 2. The molecular weight excluding hydrogens is 480 g/mol. The number of carbonyl (C=O) groups excluding carboxylic acids is 1. The third-order valence-corrected chi connectivity index (χ3v) is 8.69. The van der Waals surface area contributed by atoms with E-state index in [-0.39, 0.29) is 28.2 Å². The Morgan fingerprint density at radius 3 is 2.26 bits per heavy atom. The first-order valence-corrected chi connectivity index (χ1v) is 14.2. The number of nitrogens with one attached hydrogen (secondary N) is 1. The van der Waals surface area contributed by atoms with Gasteiger partial charge in [-0.05, 0) is 54.8 Å². The Morgan fingerprint density at radius 1 is 1.06 bits per heavy atom. The van der Waals surface area contributed by atoms with Crippen molar-refractivity contribution in [1.29, 1.82) is 0 Å². The number of rotatable bonds is 9. The fourth-order valence-electron chi connectivity index (χ4n) is 3.70. The number of hydrogen-bond acceptors (Lipinski definition) is 7. The zero-order valence-electron chi connectivity index (χ0n) is 19.5. The van der Waals surface area contributed by atoms with Crippen molar-refractivity contribution in [1.82, 2.24) is 9.62 Å². The summed E-state index contributed by atoms with van der Waals surface area (Å²) in [6.07, 6.45) is 1.56. The number of aryl methyl sites for hydroxylation is 1. The monoisotopic (exact) mass is 510 g/mol. The average Bonchev–Trinajstić information content (AvgIpc) is 2.82. The molecule has 1 N–H and O–H groups in total. The lowest BCUT2D eigenvalue weighted by Gasteiger charge is -2.26. The first kappa shape index (κ1) is 26.1. The molecule has 34 heavy (non-hydrogen) atoms. The SMILES string of the molecule is COc1ccc(S(=O)(=O)N2CCOCC2)cc1CCC(=O)N[C@H](C)c1ccc(S(C)(=O)=O)cc1. The molecule has 3 rings (SSSR count). The predicted molar refractivity (Wildman–Crippen MR) is 127 cm³/mol. The summed E-state index contributed by atoms with van der Waals surface area (Å²) >= 11 is 0. The zero-order chi connectivity index (χ0) is 24.9. The van der Waals surface area contributed by atoms with Crippen molar-refractivity contribution < 1.29 is 31.1 Å². The fraction of sp³-hybridized carbons (Fsp3) is 0.435. The Kier molecular flexibility index (Phi) is 8.34. The van der Waals surface area contributed by atoms with Crippen molar-refractivity contribution in [3.05, 3.63) is 53.6 Å². The molecule has 1 fully saturated rings. The number of hydrogen-bond donors (Lipinski definition) is 1. The molecular formula is C23H30N2O7S2. The number of sulfonamides is 1. The van der Waals surface area contributed by atoms with Gasteiger partial charge in [0.15, 0.2) is 9.84 Å². The Morgan fingerprint density at radius 2 is 1.68 bits per heavy atom. The van der Waals surface area contributed by atoms with E-state index in [2.05, 4.69) is 5.32 Å². The first-order valence-electron chi connectivity index (χ1n) is 10.9. The Hall–Kier alpha value is -2.47. The summed E-state index contributed by atoms with van der Waals surface area (Å²) in [6.45, 7) is 3.13. The van der Waals surface area contributed by atoms with Crippen LogP contribution in [0, 0.1) is 0 Å². The summed E-state index contributed by atoms with van der Waals surface area (Å²) in [5.74, 6) is 0.293. The normalized spacial score (nSPS) is 16.1. The highest BCUT2D eigenvalue weighted by atomic mass is 32.2. The van der Waals surface area contributed by atoms with Gasteiger partial charge in [0, 0.05) is 25.8 Å². The number of methoxy groups -OCH3 is 1. The Labute approximate surface area is 201 Å². The van der Waals surface area contributed by atoms with Crippen molar-refractivity contribution in [3.8, 4) is 5.75 Å². The molecule has 11 heteroatoms. The van der Waals surface area contributed by atoms with Crippen LogP contribution in [0.25, 0.3) is 0 Å². The van der Waals surface area contributed by atoms with Crippen LogP contribution in [0.5, 0.6) is 5.75 Å². The minimum atomic E-state index is -3.66. The van der Waals surface area contributed by atoms with Crippen molar-refractivity contribution >= 4 is 25.8 Å². The molecule has 1 aliphatic rings. The Balaban J connectivity index is 1.67. The van der Waals surface area contributed by atoms with Gasteiger partial charge < -0.3 is 14.8 Å². The molecule has 0 aromatic heterocycles. The molecule has 1 heterocycles. The molecule has 1 aliphatic heterocycles. The first-order chi connectivity index (χ1) is 16.0. The van der Waals surface area contributed by atoms with Crippen LogP contribution in [0.1, 0.15) is 30.5 Å². The van der Waals surface area contributed by atoms with Gasteiger partial charge in [0.05, 0.1) is 36.2 Å². The van der Waals surface area contributed by atoms with Crippen LogP contribution in [0.3, 0.4) is 0 Å². The minimum Gasteiger partial charge on any atom is -0.496 e. The quantitative estimate of drug-likeness (QED) is 0.547. The van der Waals surface area contributed by atoms with Gasteiger partial charge in [-0.3, -0.25) is 4.79 Å². The van der Waals surface area contributed by atoms with Gasteiger partial charge in [-0.1, -0.05) is 12.1 Å². The molecule has 9 nitrogen and oxygen atoms in total. The summed E-state index contributed by atoms with van der Waals surface area (Å²) in [5, 5.41) is 2.89. The van der Waals surface area contributed by atoms with Crippen LogP contribution in [-0.2, 0) is 35.8 Å². The molecule has 0 spiro atoms. The second kappa shape index (κ2) is 10.9. The summed E-state index contributed by atoms with van der Waals surface area (Å²) in [6, 6.07) is 10.7. The summed E-state index contributed by atoms with van der Waals surface area (Å²) < 4.78 is 61.2. The van der Waals surface area contributed by atoms with Gasteiger partial charge in [-0.25, -0.2) is 16.8 Å². The van der Waals surface area contributed by atoms with E-state index >= 15 is 0 Å². The smallest absolute Gasteiger partial charge is 0.243 e. The average molecular weight is 511 g/mol. The lowest BCUT2D eigenvalue weighted by molar-refractivity contribution is -0.121. The molecule has 0 radical (unpaired) electrons. The number of amides is 1. The van der Waals surface area contributed by atoms with Crippen LogP contribution >= 0.6 is 0 Å². The van der Waals surface area contributed by atoms with E-state index in [0.717, 1.165) is 11.8 Å². The second-order valence-corrected chi connectivity index (χ2v) is 12.1. The third kappa shape index (κ3) is 6.35. The number of morpholine rings is 1. The van der Waals surface area contributed by atoms with Crippen molar-refractivity contribution in [2.24, 2.45) is 0 Å². The maximum atomic E-state index is 13.0. The molecule has 0 bridgehead atoms. The molecule has 0 saturated carbocycles. The molecule has 0 aliphatic carbocycles. The highest BCUT2D eigenvalue weighted by Crippen LogP contribution is 2.26. The lowest BCUT2D eigenvalue weighted by atomic mass is 10.1. The zero-order valence-corrected chi connectivity index (χ0v) is 21.1. The van der Waals surface area contributed by atoms with E-state index in [0.29, 0.717) is 44.0 Å². The van der Waals surface area contributed by atoms with Crippen LogP contribution < -0.4 is 10.1 Å². The highest BCUT2D eigenvalue weighted by Gasteiger charge is 2.27. The van der Waals surface area contributed by atoms with Crippen LogP contribution in [-0.4, -0.2) is 66.7 Å². The van der Waals surface area contributed by atoms with Crippen molar-refractivity contribution in [2.45, 2.75) is 35.6 Å². The largest absolute Gasteiger partial charge is 0.496 e. The van der Waals surface area contributed by atoms with Crippen LogP contribution in [0.15, 0.2) is 52.3 Å². The molecule has 0 unspecified atom stereocenters. The maximum absolute atomic E-state index is 13.0.